The van der Waals surface area contributed by atoms with Gasteiger partial charge in [0.25, 0.3) is 6.71 Å². The fourth-order valence-electron chi connectivity index (χ4n) is 10.5. The number of thiophene rings is 1. The molecule has 1 aliphatic heterocycles. The highest BCUT2D eigenvalue weighted by molar-refractivity contribution is 7.31. The van der Waals surface area contributed by atoms with Crippen molar-refractivity contribution in [2.75, 3.05) is 4.90 Å². The maximum Gasteiger partial charge on any atom is 0.256 e. The highest BCUT2D eigenvalue weighted by atomic mass is 32.1. The average molecular weight is 891 g/mol. The molecule has 350 valence electrons. The van der Waals surface area contributed by atoms with Crippen LogP contribution in [0.15, 0.2) is 144 Å². The Morgan fingerprint density at radius 1 is 0.985 bits per heavy atom. The molecule has 1 aromatic carbocycles. The van der Waals surface area contributed by atoms with Crippen LogP contribution in [-0.2, 0) is 10.8 Å². The Balaban J connectivity index is 1.76. The molecule has 4 atom stereocenters. The third kappa shape index (κ3) is 11.8. The standard InChI is InChI=1S/C61H87BN2S/c1-20-26-46(22-3)62-55-52(63-36-25-27-45(58(11,12)13)29-30-48(42(7)8)44(10)21-2)37-43(9)38-53(55)64(47(23-4)28-24-32-59(14,15)33-31-41(5)6)56-49-39-50-51(40-54(49)65-57(56)62)61(18,19)35-34-60(50,16)17/h20-27,29-30,32,36-37,39-41,44,47-48,53,63H,2,4,7,28,31,33-35,38H2,1,3,5-6,8-19H3/b26-20-,30-29+,32-24+,36-25+,45-27+,46-22+. The number of anilines is 1. The van der Waals surface area contributed by atoms with Crippen molar-refractivity contribution in [2.45, 2.75) is 172 Å². The van der Waals surface area contributed by atoms with Gasteiger partial charge in [0.05, 0.1) is 11.7 Å². The second-order valence-electron chi connectivity index (χ2n) is 23.2. The molecule has 2 nitrogen and oxygen atoms in total. The maximum atomic E-state index is 4.61. The van der Waals surface area contributed by atoms with Crippen molar-refractivity contribution in [1.29, 1.82) is 0 Å². The molecular formula is C61H87BN2S. The zero-order chi connectivity index (χ0) is 48.2. The van der Waals surface area contributed by atoms with E-state index in [2.05, 4.69) is 226 Å². The van der Waals surface area contributed by atoms with Crippen LogP contribution in [-0.4, -0.2) is 18.8 Å². The van der Waals surface area contributed by atoms with E-state index in [1.807, 2.05) is 17.4 Å². The molecule has 5 rings (SSSR count). The van der Waals surface area contributed by atoms with Gasteiger partial charge in [-0.25, -0.2) is 0 Å². The van der Waals surface area contributed by atoms with Crippen LogP contribution >= 0.6 is 11.3 Å². The van der Waals surface area contributed by atoms with Crippen LogP contribution in [0, 0.1) is 28.6 Å². The van der Waals surface area contributed by atoms with Gasteiger partial charge in [0.2, 0.25) is 0 Å². The van der Waals surface area contributed by atoms with Crippen molar-refractivity contribution in [2.24, 2.45) is 28.6 Å². The van der Waals surface area contributed by atoms with E-state index in [4.69, 9.17) is 0 Å². The molecule has 65 heavy (non-hydrogen) atoms. The van der Waals surface area contributed by atoms with Crippen molar-refractivity contribution in [3.05, 3.63) is 155 Å². The van der Waals surface area contributed by atoms with Gasteiger partial charge in [0.1, 0.15) is 0 Å². The summed E-state index contributed by atoms with van der Waals surface area (Å²) in [6.45, 7) is 50.3. The summed E-state index contributed by atoms with van der Waals surface area (Å²) in [6, 6.07) is 5.49. The lowest BCUT2D eigenvalue weighted by molar-refractivity contribution is 0.332. The van der Waals surface area contributed by atoms with Crippen LogP contribution < -0.4 is 15.0 Å². The number of hydrogen-bond donors (Lipinski definition) is 1. The lowest BCUT2D eigenvalue weighted by Crippen LogP contribution is -2.57. The van der Waals surface area contributed by atoms with Crippen LogP contribution in [0.4, 0.5) is 5.69 Å². The van der Waals surface area contributed by atoms with Crippen molar-refractivity contribution < 1.29 is 0 Å². The van der Waals surface area contributed by atoms with Crippen molar-refractivity contribution in [3.8, 4) is 0 Å². The van der Waals surface area contributed by atoms with Gasteiger partial charge in [0.15, 0.2) is 0 Å². The summed E-state index contributed by atoms with van der Waals surface area (Å²) in [7, 11) is 0. The third-order valence-electron chi connectivity index (χ3n) is 14.8. The zero-order valence-corrected chi connectivity index (χ0v) is 44.7. The van der Waals surface area contributed by atoms with E-state index in [1.165, 1.54) is 85.1 Å². The Morgan fingerprint density at radius 3 is 2.22 bits per heavy atom. The normalized spacial score (nSPS) is 20.8. The Labute approximate surface area is 403 Å². The average Bonchev–Trinajstić information content (AvgIpc) is 3.60. The third-order valence-corrected chi connectivity index (χ3v) is 16.0. The SMILES string of the molecule is C=CC(C)C(/C=C/C(=C\C=C\NC1=C2B(C(/C=C\C)=C/C)c3sc4cc5c(cc4c3N(C(C=C)C/C=C/C(C)(C)CCC(C)C)C2CC(C)=C1)C(C)(C)CCC5(C)C)C(C)(C)C)C(=C)C. The van der Waals surface area contributed by atoms with Gasteiger partial charge in [-0.15, -0.1) is 24.5 Å². The lowest BCUT2D eigenvalue weighted by atomic mass is 9.34. The molecule has 0 radical (unpaired) electrons. The number of hydrogen-bond acceptors (Lipinski definition) is 3. The van der Waals surface area contributed by atoms with Gasteiger partial charge in [-0.1, -0.05) is 173 Å². The Morgan fingerprint density at radius 2 is 1.65 bits per heavy atom. The van der Waals surface area contributed by atoms with E-state index < -0.39 is 0 Å². The maximum absolute atomic E-state index is 4.61. The molecule has 0 saturated heterocycles. The summed E-state index contributed by atoms with van der Waals surface area (Å²) in [4.78, 5) is 2.82. The summed E-state index contributed by atoms with van der Waals surface area (Å²) in [5, 5.41) is 5.34. The van der Waals surface area contributed by atoms with Crippen molar-refractivity contribution in [1.82, 2.24) is 5.32 Å². The van der Waals surface area contributed by atoms with E-state index in [1.54, 1.807) is 0 Å². The first-order chi connectivity index (χ1) is 30.4. The molecular weight excluding hydrogens is 804 g/mol. The van der Waals surface area contributed by atoms with Crippen LogP contribution in [0.1, 0.15) is 160 Å². The smallest absolute Gasteiger partial charge is 0.256 e. The van der Waals surface area contributed by atoms with E-state index >= 15 is 0 Å². The second-order valence-corrected chi connectivity index (χ2v) is 24.3. The molecule has 2 heterocycles. The highest BCUT2D eigenvalue weighted by Gasteiger charge is 2.47. The van der Waals surface area contributed by atoms with Crippen molar-refractivity contribution >= 4 is 38.6 Å². The number of allylic oxidation sites excluding steroid dienone is 13. The molecule has 0 amide bonds. The van der Waals surface area contributed by atoms with Gasteiger partial charge in [-0.3, -0.25) is 0 Å². The van der Waals surface area contributed by atoms with E-state index in [0.29, 0.717) is 11.8 Å². The van der Waals surface area contributed by atoms with Gasteiger partial charge in [-0.05, 0) is 140 Å². The van der Waals surface area contributed by atoms with Crippen LogP contribution in [0.5, 0.6) is 0 Å². The number of benzene rings is 1. The number of rotatable bonds is 18. The topological polar surface area (TPSA) is 15.3 Å². The minimum absolute atomic E-state index is 0.0342. The summed E-state index contributed by atoms with van der Waals surface area (Å²) >= 11 is 2.03. The number of fused-ring (bicyclic) bond motifs is 5. The summed E-state index contributed by atoms with van der Waals surface area (Å²) in [5.41, 5.74) is 12.6. The highest BCUT2D eigenvalue weighted by Crippen LogP contribution is 2.51. The van der Waals surface area contributed by atoms with Crippen LogP contribution in [0.25, 0.3) is 10.1 Å². The van der Waals surface area contributed by atoms with Crippen LogP contribution in [0.2, 0.25) is 0 Å². The fourth-order valence-corrected chi connectivity index (χ4v) is 11.9. The molecule has 3 aliphatic rings. The molecule has 1 aromatic heterocycles. The quantitative estimate of drug-likeness (QED) is 0.0911. The monoisotopic (exact) mass is 891 g/mol. The summed E-state index contributed by atoms with van der Waals surface area (Å²) < 4.78 is 2.85. The molecule has 0 fully saturated rings. The molecule has 0 spiro atoms. The van der Waals surface area contributed by atoms with Gasteiger partial charge in [-0.2, -0.15) is 0 Å². The molecule has 2 aliphatic carbocycles. The van der Waals surface area contributed by atoms with E-state index in [0.717, 1.165) is 18.4 Å². The Bertz CT molecular complexity index is 2330. The number of nitrogens with one attached hydrogen (secondary N) is 1. The van der Waals surface area contributed by atoms with Crippen LogP contribution in [0.3, 0.4) is 0 Å². The summed E-state index contributed by atoms with van der Waals surface area (Å²) in [6.07, 6.45) is 36.6. The van der Waals surface area contributed by atoms with E-state index in [9.17, 15) is 0 Å². The summed E-state index contributed by atoms with van der Waals surface area (Å²) in [5.74, 6) is 1.27. The predicted molar refractivity (Wildman–Crippen MR) is 295 cm³/mol. The second kappa shape index (κ2) is 20.9. The van der Waals surface area contributed by atoms with Gasteiger partial charge in [0, 0.05) is 38.7 Å². The first-order valence-corrected chi connectivity index (χ1v) is 25.7. The van der Waals surface area contributed by atoms with Gasteiger partial charge >= 0.3 is 0 Å². The van der Waals surface area contributed by atoms with Gasteiger partial charge < -0.3 is 10.2 Å². The minimum Gasteiger partial charge on any atom is -0.362 e. The molecule has 4 unspecified atom stereocenters. The number of nitrogens with zero attached hydrogens (tertiary/aromatic N) is 1. The van der Waals surface area contributed by atoms with E-state index in [-0.39, 0.29) is 46.4 Å². The predicted octanol–water partition coefficient (Wildman–Crippen LogP) is 17.0. The molecule has 1 N–H and O–H groups in total. The molecule has 2 aromatic rings. The largest absolute Gasteiger partial charge is 0.362 e. The first-order valence-electron chi connectivity index (χ1n) is 24.9. The first kappa shape index (κ1) is 52.0. The fraction of sp³-hybridized carbons (Fsp3) is 0.508. The molecule has 0 saturated carbocycles. The Kier molecular flexibility index (Phi) is 16.7. The molecule has 4 heteroatoms. The molecule has 0 bridgehead atoms. The van der Waals surface area contributed by atoms with Crippen molar-refractivity contribution in [3.63, 3.8) is 0 Å². The zero-order valence-electron chi connectivity index (χ0n) is 43.8. The lowest BCUT2D eigenvalue weighted by Gasteiger charge is -2.48. The Hall–Kier alpha value is -4.02. The minimum atomic E-state index is -0.0342.